The van der Waals surface area contributed by atoms with Crippen molar-refractivity contribution in [1.29, 1.82) is 0 Å². The van der Waals surface area contributed by atoms with Gasteiger partial charge in [0, 0.05) is 11.1 Å². The molecule has 22 heavy (non-hydrogen) atoms. The van der Waals surface area contributed by atoms with Gasteiger partial charge in [-0.05, 0) is 30.1 Å². The molecule has 1 atom stereocenters. The Hall–Kier alpha value is -1.06. The van der Waals surface area contributed by atoms with Gasteiger partial charge in [-0.1, -0.05) is 48.0 Å². The maximum Gasteiger partial charge on any atom is 0.166 e. The highest BCUT2D eigenvalue weighted by molar-refractivity contribution is 5.38. The van der Waals surface area contributed by atoms with E-state index in [9.17, 15) is 17.6 Å². The van der Waals surface area contributed by atoms with Crippen LogP contribution >= 0.6 is 0 Å². The molecule has 0 saturated heterocycles. The van der Waals surface area contributed by atoms with Crippen LogP contribution in [0.4, 0.5) is 17.6 Å². The van der Waals surface area contributed by atoms with Crippen molar-refractivity contribution in [2.75, 3.05) is 0 Å². The molecule has 0 bridgehead atoms. The van der Waals surface area contributed by atoms with Gasteiger partial charge in [0.15, 0.2) is 23.3 Å². The molecule has 0 aromatic heterocycles. The molecule has 0 radical (unpaired) electrons. The summed E-state index contributed by atoms with van der Waals surface area (Å²) < 4.78 is 58.2. The van der Waals surface area contributed by atoms with E-state index in [0.29, 0.717) is 25.7 Å². The third kappa shape index (κ3) is 3.02. The minimum atomic E-state index is -1.25. The average molecular weight is 318 g/mol. The topological polar surface area (TPSA) is 0 Å². The molecule has 0 heterocycles. The van der Waals surface area contributed by atoms with Crippen molar-refractivity contribution < 1.29 is 17.6 Å². The number of hydrogen-bond acceptors (Lipinski definition) is 0. The third-order valence-electron chi connectivity index (χ3n) is 5.01. The number of hydrogen-bond donors (Lipinski definition) is 0. The molecular formula is C18H26F4. The molecule has 0 spiro atoms. The predicted molar refractivity (Wildman–Crippen MR) is 82.1 cm³/mol. The van der Waals surface area contributed by atoms with E-state index >= 15 is 0 Å². The lowest BCUT2D eigenvalue weighted by Gasteiger charge is -2.32. The van der Waals surface area contributed by atoms with E-state index in [1.807, 2.05) is 6.92 Å². The van der Waals surface area contributed by atoms with Crippen molar-refractivity contribution in [3.8, 4) is 0 Å². The Morgan fingerprint density at radius 3 is 1.41 bits per heavy atom. The molecule has 4 heteroatoms. The van der Waals surface area contributed by atoms with E-state index in [2.05, 4.69) is 0 Å². The van der Waals surface area contributed by atoms with Crippen molar-refractivity contribution >= 4 is 0 Å². The highest BCUT2D eigenvalue weighted by Gasteiger charge is 2.39. The normalized spacial score (nSPS) is 15.0. The Morgan fingerprint density at radius 2 is 1.09 bits per heavy atom. The van der Waals surface area contributed by atoms with Gasteiger partial charge < -0.3 is 0 Å². The maximum atomic E-state index is 14.6. The van der Waals surface area contributed by atoms with Crippen LogP contribution in [-0.4, -0.2) is 0 Å². The van der Waals surface area contributed by atoms with Gasteiger partial charge in [-0.15, -0.1) is 0 Å². The first-order valence-corrected chi connectivity index (χ1v) is 7.94. The average Bonchev–Trinajstić information content (AvgIpc) is 2.45. The molecule has 1 aromatic rings. The largest absolute Gasteiger partial charge is 0.203 e. The molecule has 0 aliphatic carbocycles. The van der Waals surface area contributed by atoms with E-state index < -0.39 is 45.2 Å². The monoisotopic (exact) mass is 318 g/mol. The van der Waals surface area contributed by atoms with E-state index in [1.165, 1.54) is 0 Å². The lowest BCUT2D eigenvalue weighted by atomic mass is 9.73. The lowest BCUT2D eigenvalue weighted by molar-refractivity contribution is 0.329. The van der Waals surface area contributed by atoms with Crippen molar-refractivity contribution in [1.82, 2.24) is 0 Å². The summed E-state index contributed by atoms with van der Waals surface area (Å²) in [7, 11) is 0. The van der Waals surface area contributed by atoms with Crippen LogP contribution in [-0.2, 0) is 10.8 Å². The SMILES string of the molecule is CCCC(C)(CC)c1c(F)c(F)c(C(C)(C)CC)c(F)c1F. The van der Waals surface area contributed by atoms with Crippen LogP contribution in [0.15, 0.2) is 0 Å². The van der Waals surface area contributed by atoms with Gasteiger partial charge in [0.1, 0.15) is 0 Å². The zero-order chi connectivity index (χ0) is 17.3. The first-order chi connectivity index (χ1) is 10.1. The minimum Gasteiger partial charge on any atom is -0.203 e. The molecule has 0 saturated carbocycles. The van der Waals surface area contributed by atoms with Gasteiger partial charge in [-0.3, -0.25) is 0 Å². The number of halogens is 4. The number of benzene rings is 1. The van der Waals surface area contributed by atoms with E-state index in [0.717, 1.165) is 0 Å². The van der Waals surface area contributed by atoms with E-state index in [4.69, 9.17) is 0 Å². The van der Waals surface area contributed by atoms with Crippen LogP contribution in [0, 0.1) is 23.3 Å². The standard InChI is InChI=1S/C18H26F4/c1-7-10-18(6,9-3)12-15(21)13(19)11(14(20)16(12)22)17(4,5)8-2/h7-10H2,1-6H3. The molecule has 0 nitrogen and oxygen atoms in total. The smallest absolute Gasteiger partial charge is 0.166 e. The molecule has 0 aliphatic heterocycles. The van der Waals surface area contributed by atoms with Crippen LogP contribution in [0.1, 0.15) is 78.4 Å². The van der Waals surface area contributed by atoms with Gasteiger partial charge in [0.25, 0.3) is 0 Å². The van der Waals surface area contributed by atoms with Crippen LogP contribution in [0.3, 0.4) is 0 Å². The van der Waals surface area contributed by atoms with Crippen LogP contribution in [0.5, 0.6) is 0 Å². The van der Waals surface area contributed by atoms with Gasteiger partial charge in [0.2, 0.25) is 0 Å². The molecule has 0 N–H and O–H groups in total. The summed E-state index contributed by atoms with van der Waals surface area (Å²) in [5, 5.41) is 0. The second kappa shape index (κ2) is 6.59. The Kier molecular flexibility index (Phi) is 5.69. The zero-order valence-corrected chi connectivity index (χ0v) is 14.3. The fourth-order valence-electron chi connectivity index (χ4n) is 2.96. The molecule has 1 unspecified atom stereocenters. The summed E-state index contributed by atoms with van der Waals surface area (Å²) in [6, 6.07) is 0. The zero-order valence-electron chi connectivity index (χ0n) is 14.3. The second-order valence-electron chi connectivity index (χ2n) is 6.91. The summed E-state index contributed by atoms with van der Waals surface area (Å²) >= 11 is 0. The van der Waals surface area contributed by atoms with Crippen molar-refractivity contribution in [2.24, 2.45) is 0 Å². The first kappa shape index (κ1) is 19.0. The van der Waals surface area contributed by atoms with Crippen molar-refractivity contribution in [2.45, 2.75) is 78.1 Å². The minimum absolute atomic E-state index is 0.374. The summed E-state index contributed by atoms with van der Waals surface area (Å²) in [4.78, 5) is 0. The Balaban J connectivity index is 3.74. The molecule has 0 fully saturated rings. The maximum absolute atomic E-state index is 14.6. The Labute approximate surface area is 130 Å². The van der Waals surface area contributed by atoms with Gasteiger partial charge in [-0.2, -0.15) is 0 Å². The molecule has 1 aromatic carbocycles. The second-order valence-corrected chi connectivity index (χ2v) is 6.91. The molecule has 0 amide bonds. The summed E-state index contributed by atoms with van der Waals surface area (Å²) in [6.45, 7) is 10.2. The van der Waals surface area contributed by atoms with Gasteiger partial charge >= 0.3 is 0 Å². The Morgan fingerprint density at radius 1 is 0.682 bits per heavy atom. The van der Waals surface area contributed by atoms with E-state index in [-0.39, 0.29) is 0 Å². The highest BCUT2D eigenvalue weighted by Crippen LogP contribution is 2.41. The molecular weight excluding hydrogens is 292 g/mol. The summed E-state index contributed by atoms with van der Waals surface area (Å²) in [5.74, 6) is -4.99. The first-order valence-electron chi connectivity index (χ1n) is 7.94. The van der Waals surface area contributed by atoms with Crippen molar-refractivity contribution in [3.63, 3.8) is 0 Å². The van der Waals surface area contributed by atoms with Crippen LogP contribution in [0.2, 0.25) is 0 Å². The number of rotatable bonds is 6. The molecule has 1 rings (SSSR count). The molecule has 126 valence electrons. The summed E-state index contributed by atoms with van der Waals surface area (Å²) in [5.41, 5.74) is -2.84. The highest BCUT2D eigenvalue weighted by atomic mass is 19.2. The van der Waals surface area contributed by atoms with Crippen LogP contribution in [0.25, 0.3) is 0 Å². The van der Waals surface area contributed by atoms with E-state index in [1.54, 1.807) is 34.6 Å². The fourth-order valence-corrected chi connectivity index (χ4v) is 2.96. The fraction of sp³-hybridized carbons (Fsp3) is 0.667. The van der Waals surface area contributed by atoms with Gasteiger partial charge in [0.05, 0.1) is 0 Å². The summed E-state index contributed by atoms with van der Waals surface area (Å²) in [6.07, 6.45) is 1.92. The predicted octanol–water partition coefficient (Wildman–Crippen LogP) is 6.40. The van der Waals surface area contributed by atoms with Crippen LogP contribution < -0.4 is 0 Å². The Bertz CT molecular complexity index is 520. The van der Waals surface area contributed by atoms with Crippen molar-refractivity contribution in [3.05, 3.63) is 34.4 Å². The third-order valence-corrected chi connectivity index (χ3v) is 5.01. The lowest BCUT2D eigenvalue weighted by Crippen LogP contribution is -2.29. The molecule has 0 aliphatic rings. The van der Waals surface area contributed by atoms with Gasteiger partial charge in [-0.25, -0.2) is 17.6 Å². The quantitative estimate of drug-likeness (QED) is 0.420.